The van der Waals surface area contributed by atoms with E-state index in [0.717, 1.165) is 50.3 Å². The predicted molar refractivity (Wildman–Crippen MR) is 93.8 cm³/mol. The summed E-state index contributed by atoms with van der Waals surface area (Å²) in [5.74, 6) is 2.69. The van der Waals surface area contributed by atoms with Gasteiger partial charge in [0, 0.05) is 32.4 Å². The van der Waals surface area contributed by atoms with Crippen LogP contribution in [0.2, 0.25) is 0 Å². The van der Waals surface area contributed by atoms with Crippen LogP contribution in [-0.2, 0) is 13.0 Å². The van der Waals surface area contributed by atoms with Crippen molar-refractivity contribution in [1.82, 2.24) is 9.97 Å². The number of anilines is 2. The Kier molecular flexibility index (Phi) is 3.90. The van der Waals surface area contributed by atoms with Crippen molar-refractivity contribution in [2.45, 2.75) is 32.7 Å². The van der Waals surface area contributed by atoms with Crippen LogP contribution >= 0.6 is 0 Å². The minimum absolute atomic E-state index is 0.734. The Morgan fingerprint density at radius 1 is 1.04 bits per heavy atom. The minimum atomic E-state index is 0.734. The van der Waals surface area contributed by atoms with Crippen molar-refractivity contribution in [3.63, 3.8) is 0 Å². The molecule has 0 N–H and O–H groups in total. The maximum absolute atomic E-state index is 4.87. The summed E-state index contributed by atoms with van der Waals surface area (Å²) in [6.45, 7) is 6.45. The van der Waals surface area contributed by atoms with Crippen molar-refractivity contribution in [3.05, 3.63) is 47.7 Å². The van der Waals surface area contributed by atoms with Gasteiger partial charge >= 0.3 is 0 Å². The number of nitrogens with zero attached hydrogens (tertiary/aromatic N) is 4. The van der Waals surface area contributed by atoms with E-state index >= 15 is 0 Å². The van der Waals surface area contributed by atoms with Crippen molar-refractivity contribution in [2.75, 3.05) is 29.4 Å². The average Bonchev–Trinajstić information content (AvgIpc) is 2.61. The van der Waals surface area contributed by atoms with Crippen molar-refractivity contribution < 1.29 is 0 Å². The molecule has 4 nitrogen and oxygen atoms in total. The number of benzene rings is 1. The van der Waals surface area contributed by atoms with Crippen LogP contribution in [0, 0.1) is 5.92 Å². The van der Waals surface area contributed by atoms with Gasteiger partial charge in [0.15, 0.2) is 0 Å². The second-order valence-electron chi connectivity index (χ2n) is 6.85. The highest BCUT2D eigenvalue weighted by atomic mass is 15.3. The molecule has 2 aromatic rings. The first kappa shape index (κ1) is 14.5. The summed E-state index contributed by atoms with van der Waals surface area (Å²) < 4.78 is 0. The van der Waals surface area contributed by atoms with Gasteiger partial charge in [-0.05, 0) is 42.4 Å². The van der Waals surface area contributed by atoms with E-state index in [1.807, 2.05) is 12.3 Å². The summed E-state index contributed by atoms with van der Waals surface area (Å²) >= 11 is 0. The zero-order valence-corrected chi connectivity index (χ0v) is 13.8. The first-order chi connectivity index (χ1) is 11.3. The SMILES string of the molecule is CC1CCCN(c2nccc(N3CCc4ccccc4C3)n2)C1. The number of hydrogen-bond acceptors (Lipinski definition) is 4. The number of rotatable bonds is 2. The molecule has 0 bridgehead atoms. The summed E-state index contributed by atoms with van der Waals surface area (Å²) in [4.78, 5) is 14.1. The van der Waals surface area contributed by atoms with Gasteiger partial charge in [-0.15, -0.1) is 0 Å². The summed E-state index contributed by atoms with van der Waals surface area (Å²) in [5, 5.41) is 0. The van der Waals surface area contributed by atoms with E-state index in [1.54, 1.807) is 0 Å². The normalized spacial score (nSPS) is 21.2. The second kappa shape index (κ2) is 6.19. The molecule has 4 rings (SSSR count). The summed E-state index contributed by atoms with van der Waals surface area (Å²) in [5.41, 5.74) is 2.90. The van der Waals surface area contributed by atoms with Gasteiger partial charge in [-0.1, -0.05) is 31.2 Å². The van der Waals surface area contributed by atoms with E-state index in [0.29, 0.717) is 0 Å². The van der Waals surface area contributed by atoms with Crippen LogP contribution in [-0.4, -0.2) is 29.6 Å². The lowest BCUT2D eigenvalue weighted by atomic mass is 10.00. The van der Waals surface area contributed by atoms with Crippen molar-refractivity contribution >= 4 is 11.8 Å². The predicted octanol–water partition coefficient (Wildman–Crippen LogP) is 3.28. The van der Waals surface area contributed by atoms with E-state index in [2.05, 4.69) is 46.0 Å². The van der Waals surface area contributed by atoms with Gasteiger partial charge < -0.3 is 9.80 Å². The molecule has 0 spiro atoms. The lowest BCUT2D eigenvalue weighted by Gasteiger charge is -2.33. The molecule has 4 heteroatoms. The highest BCUT2D eigenvalue weighted by Gasteiger charge is 2.21. The molecular weight excluding hydrogens is 284 g/mol. The number of aromatic nitrogens is 2. The highest BCUT2D eigenvalue weighted by molar-refractivity contribution is 5.47. The van der Waals surface area contributed by atoms with Crippen LogP contribution < -0.4 is 9.80 Å². The molecule has 1 fully saturated rings. The van der Waals surface area contributed by atoms with Gasteiger partial charge in [0.05, 0.1) is 0 Å². The van der Waals surface area contributed by atoms with Crippen molar-refractivity contribution in [2.24, 2.45) is 5.92 Å². The minimum Gasteiger partial charge on any atom is -0.352 e. The molecule has 2 aliphatic heterocycles. The molecule has 2 aliphatic rings. The van der Waals surface area contributed by atoms with Crippen LogP contribution in [0.5, 0.6) is 0 Å². The molecule has 120 valence electrons. The Hall–Kier alpha value is -2.10. The standard InChI is InChI=1S/C19H24N4/c1-15-5-4-11-23(13-15)19-20-10-8-18(21-19)22-12-9-16-6-2-3-7-17(16)14-22/h2-3,6-8,10,15H,4-5,9,11-14H2,1H3. The molecule has 3 heterocycles. The third-order valence-electron chi connectivity index (χ3n) is 5.02. The van der Waals surface area contributed by atoms with Gasteiger partial charge in [0.25, 0.3) is 0 Å². The lowest BCUT2D eigenvalue weighted by molar-refractivity contribution is 0.442. The smallest absolute Gasteiger partial charge is 0.227 e. The highest BCUT2D eigenvalue weighted by Crippen LogP contribution is 2.25. The fourth-order valence-corrected chi connectivity index (χ4v) is 3.73. The molecule has 0 aliphatic carbocycles. The molecule has 0 radical (unpaired) electrons. The van der Waals surface area contributed by atoms with Crippen LogP contribution in [0.3, 0.4) is 0 Å². The molecule has 0 saturated carbocycles. The Balaban J connectivity index is 1.55. The molecule has 1 aromatic carbocycles. The Morgan fingerprint density at radius 3 is 2.78 bits per heavy atom. The molecule has 1 aromatic heterocycles. The van der Waals surface area contributed by atoms with Crippen LogP contribution in [0.15, 0.2) is 36.5 Å². The Morgan fingerprint density at radius 2 is 1.91 bits per heavy atom. The molecular formula is C19H24N4. The van der Waals surface area contributed by atoms with Gasteiger partial charge in [0.1, 0.15) is 5.82 Å². The number of piperidine rings is 1. The topological polar surface area (TPSA) is 32.3 Å². The molecule has 23 heavy (non-hydrogen) atoms. The van der Waals surface area contributed by atoms with Crippen LogP contribution in [0.1, 0.15) is 30.9 Å². The monoisotopic (exact) mass is 308 g/mol. The largest absolute Gasteiger partial charge is 0.352 e. The zero-order chi connectivity index (χ0) is 15.6. The van der Waals surface area contributed by atoms with Crippen LogP contribution in [0.4, 0.5) is 11.8 Å². The van der Waals surface area contributed by atoms with Gasteiger partial charge in [-0.2, -0.15) is 4.98 Å². The third-order valence-corrected chi connectivity index (χ3v) is 5.02. The Labute approximate surface area is 138 Å². The Bertz CT molecular complexity index is 685. The third kappa shape index (κ3) is 3.03. The lowest BCUT2D eigenvalue weighted by Crippen LogP contribution is -2.36. The van der Waals surface area contributed by atoms with Gasteiger partial charge in [-0.3, -0.25) is 0 Å². The number of hydrogen-bond donors (Lipinski definition) is 0. The van der Waals surface area contributed by atoms with Crippen LogP contribution in [0.25, 0.3) is 0 Å². The van der Waals surface area contributed by atoms with Gasteiger partial charge in [-0.25, -0.2) is 4.98 Å². The molecule has 1 atom stereocenters. The first-order valence-electron chi connectivity index (χ1n) is 8.69. The summed E-state index contributed by atoms with van der Waals surface area (Å²) in [7, 11) is 0. The van der Waals surface area contributed by atoms with E-state index in [9.17, 15) is 0 Å². The van der Waals surface area contributed by atoms with E-state index in [-0.39, 0.29) is 0 Å². The fraction of sp³-hybridized carbons (Fsp3) is 0.474. The van der Waals surface area contributed by atoms with E-state index in [1.165, 1.54) is 24.0 Å². The first-order valence-corrected chi connectivity index (χ1v) is 8.69. The maximum Gasteiger partial charge on any atom is 0.227 e. The molecule has 1 unspecified atom stereocenters. The van der Waals surface area contributed by atoms with Gasteiger partial charge in [0.2, 0.25) is 5.95 Å². The van der Waals surface area contributed by atoms with Crippen molar-refractivity contribution in [3.8, 4) is 0 Å². The molecule has 1 saturated heterocycles. The summed E-state index contributed by atoms with van der Waals surface area (Å²) in [6.07, 6.45) is 5.57. The van der Waals surface area contributed by atoms with E-state index < -0.39 is 0 Å². The van der Waals surface area contributed by atoms with Crippen molar-refractivity contribution in [1.29, 1.82) is 0 Å². The quantitative estimate of drug-likeness (QED) is 0.852. The second-order valence-corrected chi connectivity index (χ2v) is 6.85. The fourth-order valence-electron chi connectivity index (χ4n) is 3.73. The summed E-state index contributed by atoms with van der Waals surface area (Å²) in [6, 6.07) is 10.8. The number of fused-ring (bicyclic) bond motifs is 1. The van der Waals surface area contributed by atoms with E-state index in [4.69, 9.17) is 4.98 Å². The molecule has 0 amide bonds. The maximum atomic E-state index is 4.87. The average molecular weight is 308 g/mol. The zero-order valence-electron chi connectivity index (χ0n) is 13.8.